The van der Waals surface area contributed by atoms with Gasteiger partial charge in [0.25, 0.3) is 0 Å². The van der Waals surface area contributed by atoms with Crippen LogP contribution in [0.3, 0.4) is 0 Å². The molecule has 0 aliphatic rings. The van der Waals surface area contributed by atoms with E-state index in [0.717, 1.165) is 12.8 Å². The van der Waals surface area contributed by atoms with Gasteiger partial charge in [-0.3, -0.25) is 4.79 Å². The minimum Gasteiger partial charge on any atom is -0.507 e. The van der Waals surface area contributed by atoms with Gasteiger partial charge in [0.05, 0.1) is 0 Å². The predicted octanol–water partition coefficient (Wildman–Crippen LogP) is 6.98. The zero-order valence-corrected chi connectivity index (χ0v) is 18.0. The molecule has 190 valence electrons. The van der Waals surface area contributed by atoms with Gasteiger partial charge in [0.2, 0.25) is 0 Å². The van der Waals surface area contributed by atoms with Gasteiger partial charge in [-0.2, -0.15) is 39.5 Å². The molecule has 0 saturated heterocycles. The van der Waals surface area contributed by atoms with Gasteiger partial charge in [0, 0.05) is 6.42 Å². The maximum Gasteiger partial charge on any atom is 0.473 e. The second kappa shape index (κ2) is 10.9. The fourth-order valence-electron chi connectivity index (χ4n) is 2.96. The Labute approximate surface area is 184 Å². The lowest BCUT2D eigenvalue weighted by Crippen LogP contribution is -2.62. The Bertz CT molecular complexity index is 776. The highest BCUT2D eigenvalue weighted by molar-refractivity contribution is 5.70. The summed E-state index contributed by atoms with van der Waals surface area (Å²) in [6.07, 6.45) is -10.8. The van der Waals surface area contributed by atoms with Gasteiger partial charge in [-0.15, -0.1) is 0 Å². The highest BCUT2D eigenvalue weighted by Gasteiger charge is 2.83. The van der Waals surface area contributed by atoms with Crippen LogP contribution in [0.2, 0.25) is 0 Å². The van der Waals surface area contributed by atoms with Gasteiger partial charge < -0.3 is 9.84 Å². The quantitative estimate of drug-likeness (QED) is 0.251. The van der Waals surface area contributed by atoms with Crippen LogP contribution in [-0.2, 0) is 28.8 Å². The number of unbranched alkanes of at least 4 members (excludes halogenated alkanes) is 2. The van der Waals surface area contributed by atoms with Gasteiger partial charge >= 0.3 is 30.1 Å². The number of alkyl halides is 9. The lowest BCUT2D eigenvalue weighted by Gasteiger charge is -2.32. The Morgan fingerprint density at radius 3 is 1.67 bits per heavy atom. The number of aromatic hydroxyl groups is 1. The van der Waals surface area contributed by atoms with Crippen LogP contribution in [0, 0.1) is 0 Å². The van der Waals surface area contributed by atoms with Crippen LogP contribution >= 0.6 is 0 Å². The van der Waals surface area contributed by atoms with Crippen LogP contribution in [0.15, 0.2) is 12.1 Å². The van der Waals surface area contributed by atoms with Crippen LogP contribution in [-0.4, -0.2) is 35.2 Å². The lowest BCUT2D eigenvalue weighted by molar-refractivity contribution is -0.435. The normalized spacial score (nSPS) is 13.3. The molecule has 0 saturated carbocycles. The van der Waals surface area contributed by atoms with Gasteiger partial charge in [0.1, 0.15) is 5.75 Å². The molecule has 0 heterocycles. The molecule has 1 rings (SSSR count). The van der Waals surface area contributed by atoms with Gasteiger partial charge in [-0.25, -0.2) is 0 Å². The van der Waals surface area contributed by atoms with E-state index >= 15 is 0 Å². The van der Waals surface area contributed by atoms with Gasteiger partial charge in [-0.1, -0.05) is 38.8 Å². The number of hydrogen-bond donors (Lipinski definition) is 1. The van der Waals surface area contributed by atoms with Crippen LogP contribution in [0.25, 0.3) is 0 Å². The maximum absolute atomic E-state index is 13.5. The number of halogens is 9. The molecule has 1 aromatic carbocycles. The van der Waals surface area contributed by atoms with Crippen molar-refractivity contribution in [3.63, 3.8) is 0 Å². The molecule has 0 aliphatic heterocycles. The summed E-state index contributed by atoms with van der Waals surface area (Å²) in [5.41, 5.74) is 1.41. The summed E-state index contributed by atoms with van der Waals surface area (Å²) in [5.74, 6) is -16.2. The van der Waals surface area contributed by atoms with E-state index in [1.807, 2.05) is 13.8 Å². The summed E-state index contributed by atoms with van der Waals surface area (Å²) in [5, 5.41) is 10.4. The third-order valence-electron chi connectivity index (χ3n) is 4.90. The van der Waals surface area contributed by atoms with E-state index in [0.29, 0.717) is 42.4 Å². The Morgan fingerprint density at radius 1 is 0.818 bits per heavy atom. The van der Waals surface area contributed by atoms with E-state index in [1.165, 1.54) is 12.1 Å². The number of benzene rings is 1. The van der Waals surface area contributed by atoms with Crippen LogP contribution in [0.5, 0.6) is 5.75 Å². The summed E-state index contributed by atoms with van der Waals surface area (Å²) in [4.78, 5) is 11.6. The number of esters is 1. The molecule has 0 spiro atoms. The van der Waals surface area contributed by atoms with Gasteiger partial charge in [-0.05, 0) is 48.8 Å². The van der Waals surface area contributed by atoms with Crippen molar-refractivity contribution in [2.75, 3.05) is 0 Å². The summed E-state index contributed by atoms with van der Waals surface area (Å²) >= 11 is 0. The minimum absolute atomic E-state index is 0.0452. The van der Waals surface area contributed by atoms with Crippen molar-refractivity contribution in [1.29, 1.82) is 0 Å². The predicted molar refractivity (Wildman–Crippen MR) is 101 cm³/mol. The second-order valence-corrected chi connectivity index (χ2v) is 7.61. The monoisotopic (exact) mass is 496 g/mol. The first-order valence-electron chi connectivity index (χ1n) is 10.3. The Morgan fingerprint density at radius 2 is 1.27 bits per heavy atom. The Balaban J connectivity index is 3.00. The Kier molecular flexibility index (Phi) is 9.51. The van der Waals surface area contributed by atoms with Gasteiger partial charge in [0.15, 0.2) is 0 Å². The SMILES string of the molecule is CCCCc1cc(CCC(=O)OC(F)(F)C(F)(F)C(F)(F)C(F)(F)F)cc(CCCC)c1O. The van der Waals surface area contributed by atoms with E-state index in [9.17, 15) is 49.4 Å². The van der Waals surface area contributed by atoms with Crippen molar-refractivity contribution in [3.05, 3.63) is 28.8 Å². The van der Waals surface area contributed by atoms with E-state index in [-0.39, 0.29) is 12.2 Å². The number of rotatable bonds is 12. The number of carbonyl (C=O) groups excluding carboxylic acids is 1. The molecular weight excluding hydrogens is 471 g/mol. The zero-order chi connectivity index (χ0) is 25.7. The van der Waals surface area contributed by atoms with Crippen molar-refractivity contribution in [3.8, 4) is 5.75 Å². The first-order valence-corrected chi connectivity index (χ1v) is 10.3. The number of carbonyl (C=O) groups is 1. The van der Waals surface area contributed by atoms with Crippen molar-refractivity contribution in [2.45, 2.75) is 89.3 Å². The lowest BCUT2D eigenvalue weighted by atomic mass is 9.95. The fourth-order valence-corrected chi connectivity index (χ4v) is 2.96. The summed E-state index contributed by atoms with van der Waals surface area (Å²) < 4.78 is 119. The summed E-state index contributed by atoms with van der Waals surface area (Å²) in [6, 6.07) is 2.97. The fraction of sp³-hybridized carbons (Fsp3) is 0.667. The minimum atomic E-state index is -7.14. The first-order chi connectivity index (χ1) is 15.0. The van der Waals surface area contributed by atoms with Crippen LogP contribution in [0.1, 0.15) is 62.6 Å². The van der Waals surface area contributed by atoms with Crippen molar-refractivity contribution < 1.29 is 54.2 Å². The van der Waals surface area contributed by atoms with E-state index in [4.69, 9.17) is 0 Å². The second-order valence-electron chi connectivity index (χ2n) is 7.61. The van der Waals surface area contributed by atoms with Crippen LogP contribution < -0.4 is 0 Å². The van der Waals surface area contributed by atoms with Crippen LogP contribution in [0.4, 0.5) is 39.5 Å². The molecule has 0 amide bonds. The number of ether oxygens (including phenoxy) is 1. The highest BCUT2D eigenvalue weighted by atomic mass is 19.4. The molecule has 0 bridgehead atoms. The Hall–Kier alpha value is -2.14. The summed E-state index contributed by atoms with van der Waals surface area (Å²) in [7, 11) is 0. The number of hydrogen-bond acceptors (Lipinski definition) is 3. The maximum atomic E-state index is 13.5. The van der Waals surface area contributed by atoms with Crippen molar-refractivity contribution >= 4 is 5.97 Å². The molecule has 3 nitrogen and oxygen atoms in total. The molecule has 0 aromatic heterocycles. The average molecular weight is 496 g/mol. The molecule has 0 aliphatic carbocycles. The van der Waals surface area contributed by atoms with Crippen molar-refractivity contribution in [1.82, 2.24) is 0 Å². The largest absolute Gasteiger partial charge is 0.507 e. The average Bonchev–Trinajstić information content (AvgIpc) is 2.69. The third kappa shape index (κ3) is 6.69. The molecule has 0 atom stereocenters. The molecule has 0 radical (unpaired) electrons. The topological polar surface area (TPSA) is 46.5 Å². The highest BCUT2D eigenvalue weighted by Crippen LogP contribution is 2.53. The molecule has 12 heteroatoms. The zero-order valence-electron chi connectivity index (χ0n) is 18.0. The molecule has 1 aromatic rings. The molecular formula is C21H25F9O3. The molecule has 1 N–H and O–H groups in total. The molecule has 0 fully saturated rings. The van der Waals surface area contributed by atoms with E-state index in [2.05, 4.69) is 4.74 Å². The number of phenols is 1. The summed E-state index contributed by atoms with van der Waals surface area (Å²) in [6.45, 7) is 3.82. The number of phenolic OH excluding ortho intramolecular Hbond substituents is 1. The standard InChI is InChI=1S/C21H25F9O3/c1-3-5-7-14-11-13(12-15(17(14)32)8-6-4-2)9-10-16(31)33-21(29,30)19(24,25)18(22,23)20(26,27)28/h11-12,32H,3-10H2,1-2H3. The molecule has 33 heavy (non-hydrogen) atoms. The third-order valence-corrected chi connectivity index (χ3v) is 4.90. The van der Waals surface area contributed by atoms with E-state index in [1.54, 1.807) is 0 Å². The smallest absolute Gasteiger partial charge is 0.473 e. The van der Waals surface area contributed by atoms with Crippen molar-refractivity contribution in [2.24, 2.45) is 0 Å². The number of aryl methyl sites for hydroxylation is 3. The first kappa shape index (κ1) is 28.9. The molecule has 0 unspecified atom stereocenters. The van der Waals surface area contributed by atoms with E-state index < -0.39 is 36.5 Å².